The average molecular weight is 395 g/mol. The summed E-state index contributed by atoms with van der Waals surface area (Å²) >= 11 is 0. The number of para-hydroxylation sites is 1. The molecule has 150 valence electrons. The van der Waals surface area contributed by atoms with Crippen LogP contribution in [0.15, 0.2) is 78.9 Å². The summed E-state index contributed by atoms with van der Waals surface area (Å²) in [6.07, 6.45) is 4.68. The fourth-order valence-corrected chi connectivity index (χ4v) is 4.21. The summed E-state index contributed by atoms with van der Waals surface area (Å²) in [5, 5.41) is 4.95. The summed E-state index contributed by atoms with van der Waals surface area (Å²) in [4.78, 5) is 4.93. The monoisotopic (exact) mass is 394 g/mol. The lowest BCUT2D eigenvalue weighted by molar-refractivity contribution is 0.306. The molecule has 0 spiro atoms. The first-order valence-electron chi connectivity index (χ1n) is 10.8. The average Bonchev–Trinajstić information content (AvgIpc) is 2.82. The molecule has 0 saturated carbocycles. The van der Waals surface area contributed by atoms with Crippen molar-refractivity contribution in [3.63, 3.8) is 0 Å². The van der Waals surface area contributed by atoms with Crippen LogP contribution in [-0.2, 0) is 26.0 Å². The lowest BCUT2D eigenvalue weighted by Crippen LogP contribution is -2.11. The maximum Gasteiger partial charge on any atom is 0.119 e. The van der Waals surface area contributed by atoms with E-state index in [4.69, 9.17) is 9.72 Å². The summed E-state index contributed by atoms with van der Waals surface area (Å²) in [5.41, 5.74) is 7.45. The van der Waals surface area contributed by atoms with Crippen molar-refractivity contribution in [2.24, 2.45) is 0 Å². The first kappa shape index (κ1) is 18.7. The Morgan fingerprint density at radius 2 is 1.53 bits per heavy atom. The number of nitrogens with zero attached hydrogens (tertiary/aromatic N) is 1. The van der Waals surface area contributed by atoms with E-state index < -0.39 is 0 Å². The molecule has 4 aromatic rings. The zero-order chi connectivity index (χ0) is 20.2. The highest BCUT2D eigenvalue weighted by atomic mass is 16.5. The van der Waals surface area contributed by atoms with Gasteiger partial charge in [-0.05, 0) is 60.6 Å². The molecule has 1 aliphatic carbocycles. The number of rotatable bonds is 6. The number of ether oxygens (including phenoxy) is 1. The third-order valence-corrected chi connectivity index (χ3v) is 5.81. The Balaban J connectivity index is 1.31. The van der Waals surface area contributed by atoms with E-state index in [0.29, 0.717) is 6.61 Å². The number of aromatic nitrogens is 1. The molecule has 0 aliphatic heterocycles. The van der Waals surface area contributed by atoms with E-state index in [0.717, 1.165) is 30.7 Å². The second-order valence-electron chi connectivity index (χ2n) is 7.91. The second kappa shape index (κ2) is 8.58. The van der Waals surface area contributed by atoms with Gasteiger partial charge in [-0.1, -0.05) is 60.7 Å². The van der Waals surface area contributed by atoms with Crippen molar-refractivity contribution < 1.29 is 4.74 Å². The maximum atomic E-state index is 5.91. The molecule has 1 N–H and O–H groups in total. The van der Waals surface area contributed by atoms with E-state index in [1.807, 2.05) is 18.2 Å². The molecule has 0 unspecified atom stereocenters. The minimum atomic E-state index is 0.591. The Bertz CT molecular complexity index is 1140. The van der Waals surface area contributed by atoms with Gasteiger partial charge in [0.15, 0.2) is 0 Å². The van der Waals surface area contributed by atoms with Crippen LogP contribution in [0, 0.1) is 0 Å². The lowest BCUT2D eigenvalue weighted by Gasteiger charge is -2.21. The fraction of sp³-hybridized carbons (Fsp3) is 0.222. The van der Waals surface area contributed by atoms with E-state index in [1.54, 1.807) is 0 Å². The standard InChI is InChI=1S/C27H26N2O/c1-2-8-21(9-3-1)19-30-22-16-14-20(15-17-22)18-28-27-23-10-4-6-12-25(23)29-26-13-7-5-11-24(26)27/h1-4,6,8-10,12,14-17H,5,7,11,13,18-19H2,(H,28,29). The quantitative estimate of drug-likeness (QED) is 0.416. The van der Waals surface area contributed by atoms with Gasteiger partial charge >= 0.3 is 0 Å². The normalized spacial score (nSPS) is 13.1. The van der Waals surface area contributed by atoms with Crippen molar-refractivity contribution in [1.29, 1.82) is 0 Å². The molecule has 0 amide bonds. The zero-order valence-corrected chi connectivity index (χ0v) is 17.1. The first-order chi connectivity index (χ1) is 14.9. The predicted molar refractivity (Wildman–Crippen MR) is 123 cm³/mol. The van der Waals surface area contributed by atoms with E-state index >= 15 is 0 Å². The molecule has 1 aliphatic rings. The molecule has 3 aromatic carbocycles. The molecule has 1 heterocycles. The predicted octanol–water partition coefficient (Wildman–Crippen LogP) is 6.30. The van der Waals surface area contributed by atoms with Crippen molar-refractivity contribution in [2.45, 2.75) is 38.8 Å². The molecule has 0 fully saturated rings. The number of nitrogens with one attached hydrogen (secondary N) is 1. The molecule has 0 saturated heterocycles. The maximum absolute atomic E-state index is 5.91. The van der Waals surface area contributed by atoms with Gasteiger partial charge in [0.05, 0.1) is 5.52 Å². The smallest absolute Gasteiger partial charge is 0.119 e. The van der Waals surface area contributed by atoms with E-state index in [9.17, 15) is 0 Å². The highest BCUT2D eigenvalue weighted by Gasteiger charge is 2.17. The second-order valence-corrected chi connectivity index (χ2v) is 7.91. The van der Waals surface area contributed by atoms with Crippen LogP contribution in [0.3, 0.4) is 0 Å². The van der Waals surface area contributed by atoms with Crippen LogP contribution in [-0.4, -0.2) is 4.98 Å². The van der Waals surface area contributed by atoms with Gasteiger partial charge in [-0.3, -0.25) is 4.98 Å². The number of aryl methyl sites for hydroxylation is 1. The summed E-state index contributed by atoms with van der Waals surface area (Å²) in [7, 11) is 0. The minimum absolute atomic E-state index is 0.591. The minimum Gasteiger partial charge on any atom is -0.489 e. The fourth-order valence-electron chi connectivity index (χ4n) is 4.21. The number of benzene rings is 3. The molecule has 0 atom stereocenters. The van der Waals surface area contributed by atoms with E-state index in [1.165, 1.54) is 46.3 Å². The van der Waals surface area contributed by atoms with Gasteiger partial charge in [0.25, 0.3) is 0 Å². The van der Waals surface area contributed by atoms with E-state index in [-0.39, 0.29) is 0 Å². The SMILES string of the molecule is c1ccc(COc2ccc(CNc3c4c(nc5ccccc35)CCCC4)cc2)cc1. The topological polar surface area (TPSA) is 34.1 Å². The third kappa shape index (κ3) is 4.02. The number of hydrogen-bond acceptors (Lipinski definition) is 3. The number of anilines is 1. The Hall–Kier alpha value is -3.33. The molecule has 0 radical (unpaired) electrons. The molecule has 1 aromatic heterocycles. The van der Waals surface area contributed by atoms with Gasteiger partial charge in [-0.15, -0.1) is 0 Å². The summed E-state index contributed by atoms with van der Waals surface area (Å²) < 4.78 is 5.91. The van der Waals surface area contributed by atoms with Crippen LogP contribution in [0.5, 0.6) is 5.75 Å². The molecule has 0 bridgehead atoms. The van der Waals surface area contributed by atoms with Gasteiger partial charge in [0.2, 0.25) is 0 Å². The van der Waals surface area contributed by atoms with Crippen molar-refractivity contribution >= 4 is 16.6 Å². The van der Waals surface area contributed by atoms with Gasteiger partial charge in [0, 0.05) is 23.3 Å². The Morgan fingerprint density at radius 3 is 2.40 bits per heavy atom. The largest absolute Gasteiger partial charge is 0.489 e. The van der Waals surface area contributed by atoms with Crippen molar-refractivity contribution in [1.82, 2.24) is 4.98 Å². The van der Waals surface area contributed by atoms with Crippen molar-refractivity contribution in [2.75, 3.05) is 5.32 Å². The van der Waals surface area contributed by atoms with Crippen LogP contribution in [0.4, 0.5) is 5.69 Å². The van der Waals surface area contributed by atoms with Crippen molar-refractivity contribution in [3.8, 4) is 5.75 Å². The van der Waals surface area contributed by atoms with Crippen LogP contribution >= 0.6 is 0 Å². The van der Waals surface area contributed by atoms with Crippen LogP contribution < -0.4 is 10.1 Å². The van der Waals surface area contributed by atoms with Gasteiger partial charge in [0.1, 0.15) is 12.4 Å². The van der Waals surface area contributed by atoms with Gasteiger partial charge in [-0.2, -0.15) is 0 Å². The lowest BCUT2D eigenvalue weighted by atomic mass is 9.92. The summed E-state index contributed by atoms with van der Waals surface area (Å²) in [6.45, 7) is 1.38. The van der Waals surface area contributed by atoms with Crippen molar-refractivity contribution in [3.05, 3.63) is 101 Å². The van der Waals surface area contributed by atoms with Gasteiger partial charge in [-0.25, -0.2) is 0 Å². The Morgan fingerprint density at radius 1 is 0.767 bits per heavy atom. The van der Waals surface area contributed by atoms with E-state index in [2.05, 4.69) is 66.0 Å². The molecular formula is C27H26N2O. The molecular weight excluding hydrogens is 368 g/mol. The van der Waals surface area contributed by atoms with Crippen LogP contribution in [0.1, 0.15) is 35.2 Å². The molecule has 5 rings (SSSR count). The third-order valence-electron chi connectivity index (χ3n) is 5.81. The molecule has 3 nitrogen and oxygen atoms in total. The highest BCUT2D eigenvalue weighted by Crippen LogP contribution is 2.33. The highest BCUT2D eigenvalue weighted by molar-refractivity contribution is 5.93. The number of fused-ring (bicyclic) bond motifs is 2. The Labute approximate surface area is 177 Å². The molecule has 3 heteroatoms. The number of hydrogen-bond donors (Lipinski definition) is 1. The van der Waals surface area contributed by atoms with Crippen LogP contribution in [0.25, 0.3) is 10.9 Å². The number of pyridine rings is 1. The first-order valence-corrected chi connectivity index (χ1v) is 10.8. The molecule has 30 heavy (non-hydrogen) atoms. The Kier molecular flexibility index (Phi) is 5.34. The zero-order valence-electron chi connectivity index (χ0n) is 17.1. The van der Waals surface area contributed by atoms with Crippen LogP contribution in [0.2, 0.25) is 0 Å². The summed E-state index contributed by atoms with van der Waals surface area (Å²) in [6, 6.07) is 27.1. The summed E-state index contributed by atoms with van der Waals surface area (Å²) in [5.74, 6) is 0.898. The van der Waals surface area contributed by atoms with Gasteiger partial charge < -0.3 is 10.1 Å².